The van der Waals surface area contributed by atoms with Crippen LogP contribution in [0.2, 0.25) is 5.02 Å². The van der Waals surface area contributed by atoms with Gasteiger partial charge in [0.1, 0.15) is 12.1 Å². The fraction of sp³-hybridized carbons (Fsp3) is 0.0667. The van der Waals surface area contributed by atoms with Crippen molar-refractivity contribution in [3.63, 3.8) is 0 Å². The quantitative estimate of drug-likeness (QED) is 0.795. The van der Waals surface area contributed by atoms with Crippen molar-refractivity contribution in [3.05, 3.63) is 59.4 Å². The predicted octanol–water partition coefficient (Wildman–Crippen LogP) is 2.58. The summed E-state index contributed by atoms with van der Waals surface area (Å²) in [6.07, 6.45) is 1.39. The molecule has 2 aromatic carbocycles. The van der Waals surface area contributed by atoms with E-state index >= 15 is 0 Å². The summed E-state index contributed by atoms with van der Waals surface area (Å²) in [5, 5.41) is 14.2. The van der Waals surface area contributed by atoms with Crippen LogP contribution >= 0.6 is 11.6 Å². The maximum absolute atomic E-state index is 12.6. The first kappa shape index (κ1) is 15.0. The summed E-state index contributed by atoms with van der Waals surface area (Å²) in [4.78, 5) is 12.6. The third-order valence-corrected chi connectivity index (χ3v) is 3.39. The van der Waals surface area contributed by atoms with Crippen LogP contribution in [-0.4, -0.2) is 33.2 Å². The molecule has 1 amide bonds. The minimum atomic E-state index is -0.323. The highest BCUT2D eigenvalue weighted by Gasteiger charge is 2.16. The molecule has 7 nitrogen and oxygen atoms in total. The van der Waals surface area contributed by atoms with Crippen molar-refractivity contribution in [2.75, 3.05) is 12.4 Å². The number of hydrogen-bond donors (Lipinski definition) is 1. The second-order valence-electron chi connectivity index (χ2n) is 4.57. The zero-order valence-electron chi connectivity index (χ0n) is 12.1. The third kappa shape index (κ3) is 3.14. The van der Waals surface area contributed by atoms with Crippen LogP contribution in [0.1, 0.15) is 10.4 Å². The summed E-state index contributed by atoms with van der Waals surface area (Å²) in [5.74, 6) is 0.246. The standard InChI is InChI=1S/C15H12ClN5O2/c1-23-14-5-3-2-4-12(14)18-15(22)11-7-6-10(16)8-13(11)21-9-17-19-20-21/h2-9H,1H3,(H,18,22). The largest absolute Gasteiger partial charge is 0.495 e. The van der Waals surface area contributed by atoms with Gasteiger partial charge in [-0.25, -0.2) is 0 Å². The first-order valence-electron chi connectivity index (χ1n) is 6.66. The minimum absolute atomic E-state index is 0.323. The van der Waals surface area contributed by atoms with Gasteiger partial charge in [-0.05, 0) is 40.8 Å². The lowest BCUT2D eigenvalue weighted by Gasteiger charge is -2.12. The van der Waals surface area contributed by atoms with E-state index in [4.69, 9.17) is 16.3 Å². The summed E-state index contributed by atoms with van der Waals surface area (Å²) in [6.45, 7) is 0. The first-order valence-corrected chi connectivity index (χ1v) is 7.04. The molecule has 0 aliphatic carbocycles. The highest BCUT2D eigenvalue weighted by molar-refractivity contribution is 6.31. The molecular formula is C15H12ClN5O2. The molecule has 23 heavy (non-hydrogen) atoms. The lowest BCUT2D eigenvalue weighted by molar-refractivity contribution is 0.102. The van der Waals surface area contributed by atoms with Gasteiger partial charge < -0.3 is 10.1 Å². The normalized spacial score (nSPS) is 10.3. The van der Waals surface area contributed by atoms with E-state index in [1.807, 2.05) is 12.1 Å². The van der Waals surface area contributed by atoms with Crippen LogP contribution in [0.3, 0.4) is 0 Å². The summed E-state index contributed by atoms with van der Waals surface area (Å²) < 4.78 is 6.61. The Kier molecular flexibility index (Phi) is 4.20. The van der Waals surface area contributed by atoms with Gasteiger partial charge in [0.2, 0.25) is 0 Å². The molecule has 1 N–H and O–H groups in total. The topological polar surface area (TPSA) is 81.9 Å². The molecule has 0 spiro atoms. The smallest absolute Gasteiger partial charge is 0.257 e. The Balaban J connectivity index is 1.97. The van der Waals surface area contributed by atoms with E-state index in [0.717, 1.165) is 0 Å². The Morgan fingerprint density at radius 3 is 2.83 bits per heavy atom. The SMILES string of the molecule is COc1ccccc1NC(=O)c1ccc(Cl)cc1-n1cnnn1. The van der Waals surface area contributed by atoms with Gasteiger partial charge >= 0.3 is 0 Å². The molecular weight excluding hydrogens is 318 g/mol. The van der Waals surface area contributed by atoms with E-state index in [2.05, 4.69) is 20.8 Å². The molecule has 0 saturated carbocycles. The van der Waals surface area contributed by atoms with Gasteiger partial charge in [0, 0.05) is 5.02 Å². The number of nitrogens with one attached hydrogen (secondary N) is 1. The highest BCUT2D eigenvalue weighted by Crippen LogP contribution is 2.25. The number of benzene rings is 2. The number of hydrogen-bond acceptors (Lipinski definition) is 5. The molecule has 0 aliphatic rings. The van der Waals surface area contributed by atoms with Crippen LogP contribution in [0.5, 0.6) is 5.75 Å². The molecule has 1 heterocycles. The van der Waals surface area contributed by atoms with Crippen LogP contribution in [0, 0.1) is 0 Å². The van der Waals surface area contributed by atoms with E-state index in [9.17, 15) is 4.79 Å². The van der Waals surface area contributed by atoms with Gasteiger partial charge in [-0.2, -0.15) is 4.68 Å². The minimum Gasteiger partial charge on any atom is -0.495 e. The Bertz CT molecular complexity index is 836. The molecule has 8 heteroatoms. The third-order valence-electron chi connectivity index (χ3n) is 3.16. The van der Waals surface area contributed by atoms with Gasteiger partial charge in [-0.15, -0.1) is 5.10 Å². The summed E-state index contributed by atoms with van der Waals surface area (Å²) in [6, 6.07) is 12.0. The van der Waals surface area contributed by atoms with Crippen molar-refractivity contribution in [1.82, 2.24) is 20.2 Å². The number of rotatable bonds is 4. The average molecular weight is 330 g/mol. The molecule has 116 valence electrons. The summed E-state index contributed by atoms with van der Waals surface area (Å²) in [7, 11) is 1.54. The molecule has 1 aromatic heterocycles. The van der Waals surface area contributed by atoms with Gasteiger partial charge in [-0.1, -0.05) is 23.7 Å². The van der Waals surface area contributed by atoms with Crippen molar-refractivity contribution in [3.8, 4) is 11.4 Å². The molecule has 3 rings (SSSR count). The van der Waals surface area contributed by atoms with E-state index in [-0.39, 0.29) is 5.91 Å². The Hall–Kier alpha value is -2.93. The van der Waals surface area contributed by atoms with Gasteiger partial charge in [-0.3, -0.25) is 4.79 Å². The average Bonchev–Trinajstić information content (AvgIpc) is 3.09. The summed E-state index contributed by atoms with van der Waals surface area (Å²) in [5.41, 5.74) is 1.43. The van der Waals surface area contributed by atoms with Crippen molar-refractivity contribution in [2.45, 2.75) is 0 Å². The fourth-order valence-corrected chi connectivity index (χ4v) is 2.26. The lowest BCUT2D eigenvalue weighted by atomic mass is 10.1. The Morgan fingerprint density at radius 2 is 2.09 bits per heavy atom. The molecule has 0 unspecified atom stereocenters. The van der Waals surface area contributed by atoms with Gasteiger partial charge in [0.15, 0.2) is 0 Å². The zero-order valence-corrected chi connectivity index (χ0v) is 12.9. The number of anilines is 1. The summed E-state index contributed by atoms with van der Waals surface area (Å²) >= 11 is 6.01. The predicted molar refractivity (Wildman–Crippen MR) is 85.1 cm³/mol. The number of amides is 1. The van der Waals surface area contributed by atoms with E-state index in [1.165, 1.54) is 11.0 Å². The maximum atomic E-state index is 12.6. The van der Waals surface area contributed by atoms with Crippen molar-refractivity contribution in [2.24, 2.45) is 0 Å². The number of halogens is 1. The number of nitrogens with zero attached hydrogens (tertiary/aromatic N) is 4. The number of methoxy groups -OCH3 is 1. The van der Waals surface area contributed by atoms with Gasteiger partial charge in [0.05, 0.1) is 24.0 Å². The molecule has 0 atom stereocenters. The first-order chi connectivity index (χ1) is 11.2. The molecule has 0 saturated heterocycles. The molecule has 3 aromatic rings. The molecule has 0 aliphatic heterocycles. The molecule has 0 fully saturated rings. The molecule has 0 radical (unpaired) electrons. The van der Waals surface area contributed by atoms with Crippen molar-refractivity contribution in [1.29, 1.82) is 0 Å². The van der Waals surface area contributed by atoms with Crippen LogP contribution in [0.25, 0.3) is 5.69 Å². The second kappa shape index (κ2) is 6.45. The van der Waals surface area contributed by atoms with Crippen LogP contribution < -0.4 is 10.1 Å². The lowest BCUT2D eigenvalue weighted by Crippen LogP contribution is -2.16. The monoisotopic (exact) mass is 329 g/mol. The number of ether oxygens (including phenoxy) is 1. The number of carbonyl (C=O) groups excluding carboxylic acids is 1. The highest BCUT2D eigenvalue weighted by atomic mass is 35.5. The zero-order chi connectivity index (χ0) is 16.2. The Labute approximate surface area is 136 Å². The maximum Gasteiger partial charge on any atom is 0.257 e. The van der Waals surface area contributed by atoms with E-state index < -0.39 is 0 Å². The van der Waals surface area contributed by atoms with Crippen LogP contribution in [-0.2, 0) is 0 Å². The van der Waals surface area contributed by atoms with Crippen molar-refractivity contribution >= 4 is 23.2 Å². The molecule has 0 bridgehead atoms. The number of aromatic nitrogens is 4. The Morgan fingerprint density at radius 1 is 1.26 bits per heavy atom. The van der Waals surface area contributed by atoms with E-state index in [1.54, 1.807) is 37.4 Å². The van der Waals surface area contributed by atoms with Gasteiger partial charge in [0.25, 0.3) is 5.91 Å². The van der Waals surface area contributed by atoms with Crippen molar-refractivity contribution < 1.29 is 9.53 Å². The number of tetrazole rings is 1. The van der Waals surface area contributed by atoms with Crippen LogP contribution in [0.15, 0.2) is 48.8 Å². The van der Waals surface area contributed by atoms with E-state index in [0.29, 0.717) is 27.7 Å². The second-order valence-corrected chi connectivity index (χ2v) is 5.01. The fourth-order valence-electron chi connectivity index (χ4n) is 2.10. The number of para-hydroxylation sites is 2. The van der Waals surface area contributed by atoms with Crippen LogP contribution in [0.4, 0.5) is 5.69 Å². The number of carbonyl (C=O) groups is 1.